The summed E-state index contributed by atoms with van der Waals surface area (Å²) < 4.78 is 12.9. The van der Waals surface area contributed by atoms with Crippen LogP contribution in [0.2, 0.25) is 0 Å². The van der Waals surface area contributed by atoms with Gasteiger partial charge in [-0.3, -0.25) is 0 Å². The van der Waals surface area contributed by atoms with Gasteiger partial charge in [0.05, 0.1) is 0 Å². The molecule has 0 N–H and O–H groups in total. The zero-order valence-corrected chi connectivity index (χ0v) is 10.3. The molecule has 0 saturated heterocycles. The summed E-state index contributed by atoms with van der Waals surface area (Å²) in [7, 11) is 0. The highest BCUT2D eigenvalue weighted by molar-refractivity contribution is 6.20. The Labute approximate surface area is 96.5 Å². The largest absolute Gasteiger partial charge is 0.207 e. The van der Waals surface area contributed by atoms with Crippen molar-refractivity contribution in [1.82, 2.24) is 0 Å². The molecule has 1 unspecified atom stereocenters. The Morgan fingerprint density at radius 2 is 2.00 bits per heavy atom. The Kier molecular flexibility index (Phi) is 4.15. The lowest BCUT2D eigenvalue weighted by Crippen LogP contribution is -2.15. The smallest absolute Gasteiger partial charge is 0.123 e. The molecule has 1 atom stereocenters. The maximum absolute atomic E-state index is 12.9. The number of benzene rings is 1. The predicted molar refractivity (Wildman–Crippen MR) is 63.8 cm³/mol. The van der Waals surface area contributed by atoms with Gasteiger partial charge in [-0.25, -0.2) is 4.39 Å². The van der Waals surface area contributed by atoms with Gasteiger partial charge in [0.25, 0.3) is 0 Å². The minimum absolute atomic E-state index is 0.0757. The van der Waals surface area contributed by atoms with E-state index in [0.717, 1.165) is 18.4 Å². The summed E-state index contributed by atoms with van der Waals surface area (Å²) in [6.07, 6.45) is 1.67. The molecule has 0 fully saturated rings. The summed E-state index contributed by atoms with van der Waals surface area (Å²) >= 11 is 6.23. The van der Waals surface area contributed by atoms with Crippen LogP contribution in [0, 0.1) is 11.2 Å². The van der Waals surface area contributed by atoms with Crippen LogP contribution in [0.4, 0.5) is 4.39 Å². The number of rotatable bonds is 3. The van der Waals surface area contributed by atoms with Crippen molar-refractivity contribution in [1.29, 1.82) is 0 Å². The van der Waals surface area contributed by atoms with E-state index in [1.807, 2.05) is 6.07 Å². The summed E-state index contributed by atoms with van der Waals surface area (Å²) in [5, 5.41) is 0.0757. The predicted octanol–water partition coefficient (Wildman–Crippen LogP) is 4.41. The zero-order valence-electron chi connectivity index (χ0n) is 9.56. The Bertz CT molecular complexity index is 315. The Morgan fingerprint density at radius 3 is 2.53 bits per heavy atom. The van der Waals surface area contributed by atoms with Crippen LogP contribution in [0.3, 0.4) is 0 Å². The molecule has 2 heteroatoms. The van der Waals surface area contributed by atoms with Gasteiger partial charge in [-0.15, -0.1) is 11.6 Å². The molecule has 1 aromatic rings. The summed E-state index contributed by atoms with van der Waals surface area (Å²) in [6, 6.07) is 6.65. The van der Waals surface area contributed by atoms with E-state index in [-0.39, 0.29) is 16.6 Å². The first-order valence-corrected chi connectivity index (χ1v) is 5.69. The van der Waals surface area contributed by atoms with Crippen LogP contribution in [-0.2, 0) is 6.42 Å². The molecule has 15 heavy (non-hydrogen) atoms. The molecule has 0 aliphatic heterocycles. The van der Waals surface area contributed by atoms with Crippen LogP contribution in [0.1, 0.15) is 32.8 Å². The molecule has 0 aliphatic rings. The van der Waals surface area contributed by atoms with Crippen LogP contribution in [-0.4, -0.2) is 5.38 Å². The lowest BCUT2D eigenvalue weighted by atomic mass is 9.88. The van der Waals surface area contributed by atoms with Crippen LogP contribution in [0.15, 0.2) is 24.3 Å². The van der Waals surface area contributed by atoms with Gasteiger partial charge in [0.2, 0.25) is 0 Å². The summed E-state index contributed by atoms with van der Waals surface area (Å²) in [4.78, 5) is 0. The first kappa shape index (κ1) is 12.5. The van der Waals surface area contributed by atoms with Crippen molar-refractivity contribution in [3.05, 3.63) is 35.6 Å². The number of hydrogen-bond acceptors (Lipinski definition) is 0. The summed E-state index contributed by atoms with van der Waals surface area (Å²) in [6.45, 7) is 6.48. The van der Waals surface area contributed by atoms with Gasteiger partial charge in [0.1, 0.15) is 5.82 Å². The Morgan fingerprint density at radius 1 is 1.33 bits per heavy atom. The van der Waals surface area contributed by atoms with Crippen molar-refractivity contribution in [2.24, 2.45) is 5.41 Å². The fraction of sp³-hybridized carbons (Fsp3) is 0.538. The minimum Gasteiger partial charge on any atom is -0.207 e. The van der Waals surface area contributed by atoms with Crippen molar-refractivity contribution in [2.45, 2.75) is 39.0 Å². The second-order valence-electron chi connectivity index (χ2n) is 5.20. The standard InChI is InChI=1S/C13H18ClF/c1-13(2,3)9-11(14)7-10-5-4-6-12(15)8-10/h4-6,8,11H,7,9H2,1-3H3. The topological polar surface area (TPSA) is 0 Å². The van der Waals surface area contributed by atoms with Crippen molar-refractivity contribution in [3.8, 4) is 0 Å². The Hall–Kier alpha value is -0.560. The van der Waals surface area contributed by atoms with Crippen LogP contribution < -0.4 is 0 Å². The SMILES string of the molecule is CC(C)(C)CC(Cl)Cc1cccc(F)c1. The highest BCUT2D eigenvalue weighted by Crippen LogP contribution is 2.25. The third-order valence-electron chi connectivity index (χ3n) is 2.18. The molecule has 0 radical (unpaired) electrons. The molecule has 84 valence electrons. The van der Waals surface area contributed by atoms with Gasteiger partial charge in [-0.1, -0.05) is 32.9 Å². The highest BCUT2D eigenvalue weighted by atomic mass is 35.5. The van der Waals surface area contributed by atoms with Gasteiger partial charge < -0.3 is 0 Å². The van der Waals surface area contributed by atoms with Crippen LogP contribution >= 0.6 is 11.6 Å². The van der Waals surface area contributed by atoms with E-state index in [1.54, 1.807) is 12.1 Å². The molecular weight excluding hydrogens is 211 g/mol. The van der Waals surface area contributed by atoms with Gasteiger partial charge in [-0.2, -0.15) is 0 Å². The van der Waals surface area contributed by atoms with E-state index in [0.29, 0.717) is 0 Å². The lowest BCUT2D eigenvalue weighted by molar-refractivity contribution is 0.369. The average Bonchev–Trinajstić information content (AvgIpc) is 1.99. The molecular formula is C13H18ClF. The van der Waals surface area contributed by atoms with Crippen LogP contribution in [0.25, 0.3) is 0 Å². The molecule has 0 bridgehead atoms. The molecule has 0 nitrogen and oxygen atoms in total. The molecule has 0 heterocycles. The minimum atomic E-state index is -0.188. The van der Waals surface area contributed by atoms with Gasteiger partial charge in [0, 0.05) is 5.38 Å². The van der Waals surface area contributed by atoms with Crippen molar-refractivity contribution in [2.75, 3.05) is 0 Å². The maximum atomic E-state index is 12.9. The fourth-order valence-corrected chi connectivity index (χ4v) is 2.30. The fourth-order valence-electron chi connectivity index (χ4n) is 1.66. The summed E-state index contributed by atoms with van der Waals surface area (Å²) in [5.74, 6) is -0.188. The quantitative estimate of drug-likeness (QED) is 0.673. The highest BCUT2D eigenvalue weighted by Gasteiger charge is 2.17. The number of halogens is 2. The monoisotopic (exact) mass is 228 g/mol. The third kappa shape index (κ3) is 5.17. The van der Waals surface area contributed by atoms with Crippen molar-refractivity contribution >= 4 is 11.6 Å². The number of alkyl halides is 1. The zero-order chi connectivity index (χ0) is 11.5. The second kappa shape index (κ2) is 4.98. The third-order valence-corrected chi connectivity index (χ3v) is 2.49. The lowest BCUT2D eigenvalue weighted by Gasteiger charge is -2.21. The summed E-state index contributed by atoms with van der Waals surface area (Å²) in [5.41, 5.74) is 1.19. The molecule has 0 spiro atoms. The van der Waals surface area contributed by atoms with Gasteiger partial charge in [0.15, 0.2) is 0 Å². The van der Waals surface area contributed by atoms with E-state index in [9.17, 15) is 4.39 Å². The van der Waals surface area contributed by atoms with Crippen molar-refractivity contribution in [3.63, 3.8) is 0 Å². The molecule has 1 rings (SSSR count). The molecule has 0 aromatic heterocycles. The maximum Gasteiger partial charge on any atom is 0.123 e. The normalized spacial score (nSPS) is 13.9. The van der Waals surface area contributed by atoms with Gasteiger partial charge >= 0.3 is 0 Å². The van der Waals surface area contributed by atoms with E-state index < -0.39 is 0 Å². The van der Waals surface area contributed by atoms with E-state index in [4.69, 9.17) is 11.6 Å². The second-order valence-corrected chi connectivity index (χ2v) is 5.81. The molecule has 0 aliphatic carbocycles. The first-order valence-electron chi connectivity index (χ1n) is 5.25. The Balaban J connectivity index is 2.55. The first-order chi connectivity index (χ1) is 6.87. The van der Waals surface area contributed by atoms with E-state index in [1.165, 1.54) is 6.07 Å². The van der Waals surface area contributed by atoms with Gasteiger partial charge in [-0.05, 0) is 36.0 Å². The van der Waals surface area contributed by atoms with E-state index >= 15 is 0 Å². The number of hydrogen-bond donors (Lipinski definition) is 0. The van der Waals surface area contributed by atoms with Crippen LogP contribution in [0.5, 0.6) is 0 Å². The average molecular weight is 229 g/mol. The molecule has 0 amide bonds. The molecule has 1 aromatic carbocycles. The van der Waals surface area contributed by atoms with Crippen molar-refractivity contribution < 1.29 is 4.39 Å². The van der Waals surface area contributed by atoms with E-state index in [2.05, 4.69) is 20.8 Å². The molecule has 0 saturated carbocycles.